The summed E-state index contributed by atoms with van der Waals surface area (Å²) in [5.74, 6) is -3.09. The van der Waals surface area contributed by atoms with Crippen LogP contribution in [0.2, 0.25) is 0 Å². The summed E-state index contributed by atoms with van der Waals surface area (Å²) in [6.45, 7) is 3.40. The van der Waals surface area contributed by atoms with Crippen LogP contribution in [0.4, 0.5) is 14.5 Å². The van der Waals surface area contributed by atoms with Crippen molar-refractivity contribution in [2.24, 2.45) is 0 Å². The molecular weight excluding hydrogens is 324 g/mol. The SMILES string of the molecule is COc1nc(C)c(NC(=O)c2ccccc2SC(F)F)c(C)n1. The van der Waals surface area contributed by atoms with Crippen molar-refractivity contribution in [3.63, 3.8) is 0 Å². The first kappa shape index (κ1) is 17.1. The topological polar surface area (TPSA) is 64.1 Å². The molecule has 1 aromatic carbocycles. The molecule has 1 aromatic heterocycles. The van der Waals surface area contributed by atoms with Gasteiger partial charge >= 0.3 is 6.01 Å². The summed E-state index contributed by atoms with van der Waals surface area (Å²) < 4.78 is 30.2. The minimum absolute atomic E-state index is 0.174. The van der Waals surface area contributed by atoms with E-state index in [1.807, 2.05) is 0 Å². The van der Waals surface area contributed by atoms with E-state index < -0.39 is 11.7 Å². The molecule has 2 rings (SSSR count). The molecule has 2 aromatic rings. The first-order valence-electron chi connectivity index (χ1n) is 6.66. The van der Waals surface area contributed by atoms with Crippen molar-refractivity contribution in [1.29, 1.82) is 0 Å². The second-order valence-corrected chi connectivity index (χ2v) is 5.62. The number of ether oxygens (including phenoxy) is 1. The summed E-state index contributed by atoms with van der Waals surface area (Å²) in [6.07, 6.45) is 0. The Balaban J connectivity index is 2.30. The van der Waals surface area contributed by atoms with Crippen molar-refractivity contribution >= 4 is 23.4 Å². The Morgan fingerprint density at radius 1 is 1.22 bits per heavy atom. The number of hydrogen-bond donors (Lipinski definition) is 1. The van der Waals surface area contributed by atoms with E-state index in [4.69, 9.17) is 4.74 Å². The van der Waals surface area contributed by atoms with E-state index >= 15 is 0 Å². The van der Waals surface area contributed by atoms with Crippen LogP contribution in [0.3, 0.4) is 0 Å². The zero-order valence-electron chi connectivity index (χ0n) is 12.8. The third-order valence-corrected chi connectivity index (χ3v) is 3.81. The van der Waals surface area contributed by atoms with Gasteiger partial charge in [-0.1, -0.05) is 23.9 Å². The number of thioether (sulfide) groups is 1. The molecule has 0 spiro atoms. The summed E-state index contributed by atoms with van der Waals surface area (Å²) in [6, 6.07) is 6.40. The fraction of sp³-hybridized carbons (Fsp3) is 0.267. The Morgan fingerprint density at radius 3 is 2.39 bits per heavy atom. The highest BCUT2D eigenvalue weighted by Gasteiger charge is 2.18. The normalized spacial score (nSPS) is 10.7. The number of benzene rings is 1. The van der Waals surface area contributed by atoms with E-state index in [1.54, 1.807) is 26.0 Å². The number of anilines is 1. The molecule has 0 atom stereocenters. The van der Waals surface area contributed by atoms with Gasteiger partial charge in [0.05, 0.1) is 29.7 Å². The minimum atomic E-state index is -2.60. The number of hydrogen-bond acceptors (Lipinski definition) is 5. The molecule has 1 N–H and O–H groups in total. The number of halogens is 2. The minimum Gasteiger partial charge on any atom is -0.467 e. The number of aryl methyl sites for hydroxylation is 2. The van der Waals surface area contributed by atoms with Crippen LogP contribution in [-0.4, -0.2) is 28.7 Å². The number of carbonyl (C=O) groups is 1. The number of alkyl halides is 2. The summed E-state index contributed by atoms with van der Waals surface area (Å²) in [7, 11) is 1.45. The Morgan fingerprint density at radius 2 is 1.83 bits per heavy atom. The summed E-state index contributed by atoms with van der Waals surface area (Å²) in [5.41, 5.74) is 1.67. The maximum atomic E-state index is 12.6. The molecule has 0 aliphatic carbocycles. The lowest BCUT2D eigenvalue weighted by Crippen LogP contribution is -2.16. The second-order valence-electron chi connectivity index (χ2n) is 4.58. The lowest BCUT2D eigenvalue weighted by Gasteiger charge is -2.13. The van der Waals surface area contributed by atoms with Crippen LogP contribution in [0.15, 0.2) is 29.2 Å². The van der Waals surface area contributed by atoms with Gasteiger partial charge in [-0.05, 0) is 26.0 Å². The Labute approximate surface area is 136 Å². The molecule has 0 aliphatic rings. The fourth-order valence-electron chi connectivity index (χ4n) is 1.99. The summed E-state index contributed by atoms with van der Waals surface area (Å²) in [4.78, 5) is 20.8. The van der Waals surface area contributed by atoms with Gasteiger partial charge in [0, 0.05) is 4.90 Å². The van der Waals surface area contributed by atoms with E-state index in [-0.39, 0.29) is 16.5 Å². The number of nitrogens with one attached hydrogen (secondary N) is 1. The van der Waals surface area contributed by atoms with Crippen molar-refractivity contribution in [2.45, 2.75) is 24.5 Å². The van der Waals surface area contributed by atoms with Gasteiger partial charge in [0.25, 0.3) is 11.7 Å². The van der Waals surface area contributed by atoms with Gasteiger partial charge in [0.2, 0.25) is 0 Å². The van der Waals surface area contributed by atoms with Gasteiger partial charge in [-0.3, -0.25) is 4.79 Å². The molecule has 0 fully saturated rings. The third-order valence-electron chi connectivity index (χ3n) is 3.02. The quantitative estimate of drug-likeness (QED) is 0.842. The molecule has 8 heteroatoms. The monoisotopic (exact) mass is 339 g/mol. The zero-order chi connectivity index (χ0) is 17.0. The predicted octanol–water partition coefficient (Wildman–Crippen LogP) is 3.67. The van der Waals surface area contributed by atoms with E-state index in [9.17, 15) is 13.6 Å². The van der Waals surface area contributed by atoms with Gasteiger partial charge in [-0.15, -0.1) is 0 Å². The largest absolute Gasteiger partial charge is 0.467 e. The molecule has 1 amide bonds. The molecule has 1 heterocycles. The number of amides is 1. The number of rotatable bonds is 5. The van der Waals surface area contributed by atoms with E-state index in [0.29, 0.717) is 28.8 Å². The molecule has 122 valence electrons. The van der Waals surface area contributed by atoms with Crippen molar-refractivity contribution < 1.29 is 18.3 Å². The Hall–Kier alpha value is -2.22. The van der Waals surface area contributed by atoms with Crippen molar-refractivity contribution in [2.75, 3.05) is 12.4 Å². The molecule has 0 saturated carbocycles. The number of nitrogens with zero attached hydrogens (tertiary/aromatic N) is 2. The van der Waals surface area contributed by atoms with Crippen LogP contribution in [0.1, 0.15) is 21.7 Å². The molecule has 5 nitrogen and oxygen atoms in total. The number of aromatic nitrogens is 2. The van der Waals surface area contributed by atoms with Crippen LogP contribution in [0.5, 0.6) is 6.01 Å². The molecule has 0 unspecified atom stereocenters. The van der Waals surface area contributed by atoms with Gasteiger partial charge in [0.15, 0.2) is 0 Å². The average molecular weight is 339 g/mol. The summed E-state index contributed by atoms with van der Waals surface area (Å²) in [5, 5.41) is 2.68. The Kier molecular flexibility index (Phi) is 5.49. The highest BCUT2D eigenvalue weighted by molar-refractivity contribution is 7.99. The fourth-order valence-corrected chi connectivity index (χ4v) is 2.63. The lowest BCUT2D eigenvalue weighted by molar-refractivity contribution is 0.102. The van der Waals surface area contributed by atoms with Crippen LogP contribution < -0.4 is 10.1 Å². The van der Waals surface area contributed by atoms with E-state index in [0.717, 1.165) is 0 Å². The molecular formula is C15H15F2N3O2S. The molecule has 23 heavy (non-hydrogen) atoms. The smallest absolute Gasteiger partial charge is 0.316 e. The maximum absolute atomic E-state index is 12.6. The van der Waals surface area contributed by atoms with Gasteiger partial charge in [0.1, 0.15) is 0 Å². The molecule has 0 bridgehead atoms. The van der Waals surface area contributed by atoms with Crippen molar-refractivity contribution in [3.05, 3.63) is 41.2 Å². The first-order chi connectivity index (χ1) is 10.9. The van der Waals surface area contributed by atoms with Crippen LogP contribution in [-0.2, 0) is 0 Å². The highest BCUT2D eigenvalue weighted by Crippen LogP contribution is 2.29. The van der Waals surface area contributed by atoms with Crippen molar-refractivity contribution in [3.8, 4) is 6.01 Å². The highest BCUT2D eigenvalue weighted by atomic mass is 32.2. The van der Waals surface area contributed by atoms with E-state index in [2.05, 4.69) is 15.3 Å². The lowest BCUT2D eigenvalue weighted by atomic mass is 10.2. The molecule has 0 saturated heterocycles. The summed E-state index contributed by atoms with van der Waals surface area (Å²) >= 11 is 0.333. The van der Waals surface area contributed by atoms with Crippen molar-refractivity contribution in [1.82, 2.24) is 9.97 Å². The third kappa shape index (κ3) is 4.16. The molecule has 0 aliphatic heterocycles. The van der Waals surface area contributed by atoms with Crippen LogP contribution in [0, 0.1) is 13.8 Å². The Bertz CT molecular complexity index is 703. The van der Waals surface area contributed by atoms with Crippen LogP contribution >= 0.6 is 11.8 Å². The average Bonchev–Trinajstić information content (AvgIpc) is 2.50. The number of methoxy groups -OCH3 is 1. The second kappa shape index (κ2) is 7.36. The zero-order valence-corrected chi connectivity index (χ0v) is 13.6. The van der Waals surface area contributed by atoms with Gasteiger partial charge < -0.3 is 10.1 Å². The molecule has 0 radical (unpaired) electrons. The van der Waals surface area contributed by atoms with Gasteiger partial charge in [-0.2, -0.15) is 18.7 Å². The van der Waals surface area contributed by atoms with Crippen LogP contribution in [0.25, 0.3) is 0 Å². The van der Waals surface area contributed by atoms with E-state index in [1.165, 1.54) is 19.2 Å². The predicted molar refractivity (Wildman–Crippen MR) is 84.3 cm³/mol. The standard InChI is InChI=1S/C15H15F2N3O2S/c1-8-12(9(2)19-15(18-8)22-3)20-13(21)10-6-4-5-7-11(10)23-14(16)17/h4-7,14H,1-3H3,(H,20,21). The maximum Gasteiger partial charge on any atom is 0.316 e. The first-order valence-corrected chi connectivity index (χ1v) is 7.54. The number of carbonyl (C=O) groups excluding carboxylic acids is 1. The van der Waals surface area contributed by atoms with Gasteiger partial charge in [-0.25, -0.2) is 0 Å².